The first-order chi connectivity index (χ1) is 7.09. The van der Waals surface area contributed by atoms with Crippen LogP contribution in [-0.2, 0) is 0 Å². The Morgan fingerprint density at radius 3 is 2.80 bits per heavy atom. The molecule has 0 unspecified atom stereocenters. The lowest BCUT2D eigenvalue weighted by atomic mass is 10.1. The summed E-state index contributed by atoms with van der Waals surface area (Å²) in [7, 11) is 0. The molecule has 1 aromatic rings. The lowest BCUT2D eigenvalue weighted by molar-refractivity contribution is 0.288. The number of nitrogen functional groups attached to an aromatic ring is 1. The van der Waals surface area contributed by atoms with E-state index in [0.29, 0.717) is 18.2 Å². The van der Waals surface area contributed by atoms with Crippen LogP contribution in [-0.4, -0.2) is 11.6 Å². The van der Waals surface area contributed by atoms with E-state index in [1.807, 2.05) is 19.1 Å². The van der Waals surface area contributed by atoms with Crippen molar-refractivity contribution in [3.8, 4) is 5.88 Å². The molecule has 0 saturated heterocycles. The fourth-order valence-electron chi connectivity index (χ4n) is 1.32. The van der Waals surface area contributed by atoms with E-state index in [2.05, 4.69) is 18.8 Å². The second kappa shape index (κ2) is 5.59. The second-order valence-corrected chi connectivity index (χ2v) is 4.23. The Hall–Kier alpha value is -1.25. The molecule has 0 spiro atoms. The Labute approximate surface area is 91.7 Å². The Bertz CT molecular complexity index is 310. The normalized spacial score (nSPS) is 10.7. The van der Waals surface area contributed by atoms with Crippen molar-refractivity contribution in [3.63, 3.8) is 0 Å². The third-order valence-electron chi connectivity index (χ3n) is 2.19. The molecule has 84 valence electrons. The summed E-state index contributed by atoms with van der Waals surface area (Å²) in [6.07, 6.45) is 2.22. The summed E-state index contributed by atoms with van der Waals surface area (Å²) in [6, 6.07) is 3.72. The van der Waals surface area contributed by atoms with Crippen molar-refractivity contribution in [1.29, 1.82) is 0 Å². The summed E-state index contributed by atoms with van der Waals surface area (Å²) in [6.45, 7) is 7.04. The van der Waals surface area contributed by atoms with Gasteiger partial charge >= 0.3 is 0 Å². The molecule has 1 heterocycles. The molecule has 0 bridgehead atoms. The van der Waals surface area contributed by atoms with Crippen molar-refractivity contribution in [1.82, 2.24) is 4.98 Å². The van der Waals surface area contributed by atoms with Gasteiger partial charge in [-0.1, -0.05) is 13.8 Å². The third-order valence-corrected chi connectivity index (χ3v) is 2.19. The molecule has 15 heavy (non-hydrogen) atoms. The average Bonchev–Trinajstić information content (AvgIpc) is 2.17. The van der Waals surface area contributed by atoms with E-state index in [9.17, 15) is 0 Å². The van der Waals surface area contributed by atoms with Gasteiger partial charge < -0.3 is 10.5 Å². The van der Waals surface area contributed by atoms with E-state index in [1.54, 1.807) is 0 Å². The lowest BCUT2D eigenvalue weighted by Gasteiger charge is -2.09. The van der Waals surface area contributed by atoms with Crippen LogP contribution in [0.1, 0.15) is 32.4 Å². The fourth-order valence-corrected chi connectivity index (χ4v) is 1.32. The number of pyridine rings is 1. The van der Waals surface area contributed by atoms with Crippen LogP contribution in [0, 0.1) is 12.8 Å². The Balaban J connectivity index is 2.40. The van der Waals surface area contributed by atoms with Crippen LogP contribution in [0.25, 0.3) is 0 Å². The van der Waals surface area contributed by atoms with Gasteiger partial charge in [-0.3, -0.25) is 0 Å². The minimum atomic E-state index is 0.568. The van der Waals surface area contributed by atoms with Crippen molar-refractivity contribution >= 4 is 5.69 Å². The fraction of sp³-hybridized carbons (Fsp3) is 0.583. The summed E-state index contributed by atoms with van der Waals surface area (Å²) in [5.74, 6) is 1.29. The minimum absolute atomic E-state index is 0.568. The molecule has 0 saturated carbocycles. The smallest absolute Gasteiger partial charge is 0.237 e. The molecule has 0 aliphatic heterocycles. The quantitative estimate of drug-likeness (QED) is 0.757. The highest BCUT2D eigenvalue weighted by atomic mass is 16.5. The van der Waals surface area contributed by atoms with Crippen LogP contribution < -0.4 is 10.5 Å². The summed E-state index contributed by atoms with van der Waals surface area (Å²) >= 11 is 0. The maximum Gasteiger partial charge on any atom is 0.237 e. The summed E-state index contributed by atoms with van der Waals surface area (Å²) in [5, 5.41) is 0. The first kappa shape index (κ1) is 11.8. The summed E-state index contributed by atoms with van der Waals surface area (Å²) in [4.78, 5) is 4.24. The SMILES string of the molecule is Cc1ccc(N)c(OCCCC(C)C)n1. The van der Waals surface area contributed by atoms with Gasteiger partial charge in [0.15, 0.2) is 0 Å². The molecule has 0 atom stereocenters. The highest BCUT2D eigenvalue weighted by Crippen LogP contribution is 2.18. The molecule has 3 nitrogen and oxygen atoms in total. The molecule has 0 aromatic carbocycles. The molecule has 1 aromatic heterocycles. The Kier molecular flexibility index (Phi) is 4.40. The Morgan fingerprint density at radius 2 is 2.13 bits per heavy atom. The Morgan fingerprint density at radius 1 is 1.40 bits per heavy atom. The summed E-state index contributed by atoms with van der Waals surface area (Å²) in [5.41, 5.74) is 7.29. The summed E-state index contributed by atoms with van der Waals surface area (Å²) < 4.78 is 5.53. The van der Waals surface area contributed by atoms with Gasteiger partial charge in [0, 0.05) is 5.69 Å². The number of nitrogens with two attached hydrogens (primary N) is 1. The predicted molar refractivity (Wildman–Crippen MR) is 63.0 cm³/mol. The highest BCUT2D eigenvalue weighted by Gasteiger charge is 2.02. The number of aromatic nitrogens is 1. The zero-order valence-electron chi connectivity index (χ0n) is 9.79. The molecule has 1 rings (SSSR count). The number of rotatable bonds is 5. The number of nitrogens with zero attached hydrogens (tertiary/aromatic N) is 1. The average molecular weight is 208 g/mol. The predicted octanol–water partition coefficient (Wildman–Crippen LogP) is 2.79. The van der Waals surface area contributed by atoms with Gasteiger partial charge in [-0.25, -0.2) is 4.98 Å². The minimum Gasteiger partial charge on any atom is -0.476 e. The standard InChI is InChI=1S/C12H20N2O/c1-9(2)5-4-8-15-12-11(13)7-6-10(3)14-12/h6-7,9H,4-5,8,13H2,1-3H3. The maximum atomic E-state index is 5.74. The van der Waals surface area contributed by atoms with Crippen molar-refractivity contribution in [2.45, 2.75) is 33.6 Å². The molecule has 0 aliphatic carbocycles. The van der Waals surface area contributed by atoms with E-state index in [-0.39, 0.29) is 0 Å². The van der Waals surface area contributed by atoms with E-state index in [0.717, 1.165) is 18.0 Å². The van der Waals surface area contributed by atoms with E-state index in [1.165, 1.54) is 6.42 Å². The van der Waals surface area contributed by atoms with Crippen LogP contribution in [0.2, 0.25) is 0 Å². The van der Waals surface area contributed by atoms with Gasteiger partial charge in [-0.2, -0.15) is 0 Å². The largest absolute Gasteiger partial charge is 0.476 e. The third kappa shape index (κ3) is 4.19. The van der Waals surface area contributed by atoms with Gasteiger partial charge in [-0.05, 0) is 37.8 Å². The first-order valence-corrected chi connectivity index (χ1v) is 5.45. The molecule has 0 radical (unpaired) electrons. The van der Waals surface area contributed by atoms with Crippen molar-refractivity contribution in [2.75, 3.05) is 12.3 Å². The maximum absolute atomic E-state index is 5.74. The number of aryl methyl sites for hydroxylation is 1. The van der Waals surface area contributed by atoms with Crippen molar-refractivity contribution in [2.24, 2.45) is 5.92 Å². The number of anilines is 1. The van der Waals surface area contributed by atoms with Gasteiger partial charge in [-0.15, -0.1) is 0 Å². The van der Waals surface area contributed by atoms with Crippen LogP contribution in [0.3, 0.4) is 0 Å². The number of hydrogen-bond acceptors (Lipinski definition) is 3. The molecular weight excluding hydrogens is 188 g/mol. The lowest BCUT2D eigenvalue weighted by Crippen LogP contribution is -2.04. The zero-order valence-corrected chi connectivity index (χ0v) is 9.79. The topological polar surface area (TPSA) is 48.1 Å². The molecule has 2 N–H and O–H groups in total. The molecule has 0 fully saturated rings. The molecule has 0 amide bonds. The van der Waals surface area contributed by atoms with Crippen LogP contribution >= 0.6 is 0 Å². The van der Waals surface area contributed by atoms with Crippen molar-refractivity contribution < 1.29 is 4.74 Å². The van der Waals surface area contributed by atoms with Crippen LogP contribution in [0.5, 0.6) is 5.88 Å². The van der Waals surface area contributed by atoms with Gasteiger partial charge in [0.25, 0.3) is 0 Å². The molecule has 0 aliphatic rings. The van der Waals surface area contributed by atoms with Gasteiger partial charge in [0.2, 0.25) is 5.88 Å². The van der Waals surface area contributed by atoms with E-state index < -0.39 is 0 Å². The van der Waals surface area contributed by atoms with Crippen LogP contribution in [0.4, 0.5) is 5.69 Å². The number of ether oxygens (including phenoxy) is 1. The van der Waals surface area contributed by atoms with Crippen molar-refractivity contribution in [3.05, 3.63) is 17.8 Å². The molecular formula is C12H20N2O. The van der Waals surface area contributed by atoms with Gasteiger partial charge in [0.1, 0.15) is 0 Å². The first-order valence-electron chi connectivity index (χ1n) is 5.45. The van der Waals surface area contributed by atoms with E-state index >= 15 is 0 Å². The monoisotopic (exact) mass is 208 g/mol. The molecule has 3 heteroatoms. The van der Waals surface area contributed by atoms with E-state index in [4.69, 9.17) is 10.5 Å². The zero-order chi connectivity index (χ0) is 11.3. The number of hydrogen-bond donors (Lipinski definition) is 1. The van der Waals surface area contributed by atoms with Crippen LogP contribution in [0.15, 0.2) is 12.1 Å². The van der Waals surface area contributed by atoms with Gasteiger partial charge in [0.05, 0.1) is 12.3 Å². The highest BCUT2D eigenvalue weighted by molar-refractivity contribution is 5.48. The second-order valence-electron chi connectivity index (χ2n) is 4.23.